The summed E-state index contributed by atoms with van der Waals surface area (Å²) in [6.45, 7) is 3.58. The van der Waals surface area contributed by atoms with E-state index in [1.54, 1.807) is 0 Å². The van der Waals surface area contributed by atoms with Crippen LogP contribution in [0.1, 0.15) is 37.4 Å². The number of nitrogens with one attached hydrogen (secondary N) is 1. The van der Waals surface area contributed by atoms with Gasteiger partial charge >= 0.3 is 6.18 Å². The Morgan fingerprint density at radius 3 is 2.57 bits per heavy atom. The highest BCUT2D eigenvalue weighted by atomic mass is 35.5. The van der Waals surface area contributed by atoms with Crippen molar-refractivity contribution in [3.8, 4) is 0 Å². The van der Waals surface area contributed by atoms with E-state index < -0.39 is 11.7 Å². The summed E-state index contributed by atoms with van der Waals surface area (Å²) in [5.41, 5.74) is 11.4. The van der Waals surface area contributed by atoms with Crippen LogP contribution in [0.5, 0.6) is 0 Å². The lowest BCUT2D eigenvalue weighted by Gasteiger charge is -2.32. The molecule has 1 atom stereocenters. The number of halogens is 5. The number of piperidine rings is 1. The van der Waals surface area contributed by atoms with Crippen LogP contribution in [0, 0.1) is 0 Å². The molecule has 1 aromatic carbocycles. The number of benzene rings is 1. The predicted octanol–water partition coefficient (Wildman–Crippen LogP) is 4.54. The molecule has 0 bridgehead atoms. The fourth-order valence-corrected chi connectivity index (χ4v) is 3.31. The predicted molar refractivity (Wildman–Crippen MR) is 119 cm³/mol. The quantitative estimate of drug-likeness (QED) is 0.559. The first-order valence-electron chi connectivity index (χ1n) is 9.38. The molecule has 6 nitrogen and oxygen atoms in total. The van der Waals surface area contributed by atoms with E-state index in [0.717, 1.165) is 49.8 Å². The molecule has 0 aliphatic carbocycles. The second kappa shape index (κ2) is 10.9. The summed E-state index contributed by atoms with van der Waals surface area (Å²) < 4.78 is 39.4. The molecule has 1 saturated heterocycles. The second-order valence-corrected chi connectivity index (χ2v) is 7.06. The van der Waals surface area contributed by atoms with Crippen LogP contribution in [0.2, 0.25) is 0 Å². The van der Waals surface area contributed by atoms with Crippen molar-refractivity contribution < 1.29 is 13.2 Å². The molecule has 2 aromatic rings. The van der Waals surface area contributed by atoms with Gasteiger partial charge in [0.25, 0.3) is 0 Å². The fourth-order valence-electron chi connectivity index (χ4n) is 3.31. The molecule has 2 heterocycles. The SMILES string of the molecule is CCCc1cc(N2CCC[C@@H](N)C2)nc(Nc2ccc(N)c(C(F)(F)F)c2)n1.Cl.Cl. The van der Waals surface area contributed by atoms with E-state index in [-0.39, 0.29) is 48.2 Å². The maximum Gasteiger partial charge on any atom is 0.418 e. The van der Waals surface area contributed by atoms with Gasteiger partial charge in [-0.1, -0.05) is 13.3 Å². The lowest BCUT2D eigenvalue weighted by Crippen LogP contribution is -2.43. The van der Waals surface area contributed by atoms with Crippen molar-refractivity contribution in [1.82, 2.24) is 9.97 Å². The van der Waals surface area contributed by atoms with Crippen LogP contribution >= 0.6 is 24.8 Å². The number of hydrogen-bond donors (Lipinski definition) is 3. The zero-order chi connectivity index (χ0) is 20.3. The molecule has 168 valence electrons. The third-order valence-electron chi connectivity index (χ3n) is 4.67. The normalized spacial score (nSPS) is 16.4. The number of nitrogen functional groups attached to an aromatic ring is 1. The fraction of sp³-hybridized carbons (Fsp3) is 0.474. The molecule has 0 radical (unpaired) electrons. The summed E-state index contributed by atoms with van der Waals surface area (Å²) in [7, 11) is 0. The lowest BCUT2D eigenvalue weighted by molar-refractivity contribution is -0.136. The lowest BCUT2D eigenvalue weighted by atomic mass is 10.1. The van der Waals surface area contributed by atoms with Crippen LogP contribution in [0.15, 0.2) is 24.3 Å². The molecule has 0 saturated carbocycles. The summed E-state index contributed by atoms with van der Waals surface area (Å²) in [6.07, 6.45) is -0.930. The molecule has 5 N–H and O–H groups in total. The number of anilines is 4. The van der Waals surface area contributed by atoms with Gasteiger partial charge in [0.1, 0.15) is 5.82 Å². The summed E-state index contributed by atoms with van der Waals surface area (Å²) in [5, 5.41) is 2.90. The first-order chi connectivity index (χ1) is 13.3. The van der Waals surface area contributed by atoms with Crippen LogP contribution in [0.25, 0.3) is 0 Å². The molecule has 30 heavy (non-hydrogen) atoms. The van der Waals surface area contributed by atoms with Crippen molar-refractivity contribution >= 4 is 48.0 Å². The van der Waals surface area contributed by atoms with Gasteiger partial charge < -0.3 is 21.7 Å². The van der Waals surface area contributed by atoms with E-state index >= 15 is 0 Å². The van der Waals surface area contributed by atoms with E-state index in [2.05, 4.69) is 20.2 Å². The standard InChI is InChI=1S/C19H25F3N6.2ClH/c1-2-4-13-10-17(28-8-3-5-12(23)11-28)27-18(25-13)26-14-6-7-16(24)15(9-14)19(20,21)22;;/h6-7,9-10,12H,2-5,8,11,23-24H2,1H3,(H,25,26,27);2*1H/t12-;;/m1../s1. The summed E-state index contributed by atoms with van der Waals surface area (Å²) in [4.78, 5) is 11.1. The number of hydrogen-bond acceptors (Lipinski definition) is 6. The Balaban J connectivity index is 0.00000225. The topological polar surface area (TPSA) is 93.1 Å². The number of rotatable bonds is 5. The van der Waals surface area contributed by atoms with Crippen molar-refractivity contribution in [2.45, 2.75) is 44.8 Å². The number of aryl methyl sites for hydroxylation is 1. The third-order valence-corrected chi connectivity index (χ3v) is 4.67. The first-order valence-corrected chi connectivity index (χ1v) is 9.38. The molecule has 1 fully saturated rings. The van der Waals surface area contributed by atoms with Gasteiger partial charge in [-0.2, -0.15) is 18.2 Å². The Hall–Kier alpha value is -1.97. The number of nitrogens with zero attached hydrogens (tertiary/aromatic N) is 3. The largest absolute Gasteiger partial charge is 0.418 e. The second-order valence-electron chi connectivity index (χ2n) is 7.06. The summed E-state index contributed by atoms with van der Waals surface area (Å²) in [6, 6.07) is 5.70. The maximum absolute atomic E-state index is 13.1. The Morgan fingerprint density at radius 1 is 1.20 bits per heavy atom. The van der Waals surface area contributed by atoms with E-state index in [0.29, 0.717) is 6.54 Å². The van der Waals surface area contributed by atoms with Crippen LogP contribution in [0.4, 0.5) is 36.3 Å². The number of aromatic nitrogens is 2. The molecule has 3 rings (SSSR count). The van der Waals surface area contributed by atoms with Crippen LogP contribution in [0.3, 0.4) is 0 Å². The smallest absolute Gasteiger partial charge is 0.398 e. The van der Waals surface area contributed by atoms with Gasteiger partial charge in [0.15, 0.2) is 0 Å². The van der Waals surface area contributed by atoms with E-state index in [9.17, 15) is 13.2 Å². The van der Waals surface area contributed by atoms with E-state index in [1.165, 1.54) is 12.1 Å². The van der Waals surface area contributed by atoms with Crippen LogP contribution in [-0.2, 0) is 12.6 Å². The Labute approximate surface area is 186 Å². The molecule has 0 spiro atoms. The molecular formula is C19H27Cl2F3N6. The highest BCUT2D eigenvalue weighted by Crippen LogP contribution is 2.35. The molecular weight excluding hydrogens is 440 g/mol. The van der Waals surface area contributed by atoms with Gasteiger partial charge in [-0.05, 0) is 37.5 Å². The minimum Gasteiger partial charge on any atom is -0.398 e. The minimum absolute atomic E-state index is 0. The van der Waals surface area contributed by atoms with Crippen LogP contribution < -0.4 is 21.7 Å². The summed E-state index contributed by atoms with van der Waals surface area (Å²) >= 11 is 0. The van der Waals surface area contributed by atoms with Crippen molar-refractivity contribution in [2.75, 3.05) is 29.0 Å². The Kier molecular flexibility index (Phi) is 9.45. The van der Waals surface area contributed by atoms with Gasteiger partial charge in [-0.15, -0.1) is 24.8 Å². The van der Waals surface area contributed by atoms with Gasteiger partial charge in [-0.25, -0.2) is 4.98 Å². The molecule has 0 amide bonds. The van der Waals surface area contributed by atoms with E-state index in [4.69, 9.17) is 11.5 Å². The molecule has 0 unspecified atom stereocenters. The zero-order valence-electron chi connectivity index (χ0n) is 16.6. The highest BCUT2D eigenvalue weighted by molar-refractivity contribution is 5.85. The average Bonchev–Trinajstić information content (AvgIpc) is 2.62. The van der Waals surface area contributed by atoms with Gasteiger partial charge in [0.2, 0.25) is 5.95 Å². The van der Waals surface area contributed by atoms with E-state index in [1.807, 2.05) is 13.0 Å². The van der Waals surface area contributed by atoms with Crippen molar-refractivity contribution in [3.05, 3.63) is 35.5 Å². The van der Waals surface area contributed by atoms with Gasteiger partial charge in [0, 0.05) is 42.3 Å². The zero-order valence-corrected chi connectivity index (χ0v) is 18.2. The number of alkyl halides is 3. The first kappa shape index (κ1) is 26.1. The molecule has 1 aromatic heterocycles. The summed E-state index contributed by atoms with van der Waals surface area (Å²) in [5.74, 6) is 1.00. The van der Waals surface area contributed by atoms with Gasteiger partial charge in [-0.3, -0.25) is 0 Å². The van der Waals surface area contributed by atoms with Crippen molar-refractivity contribution in [1.29, 1.82) is 0 Å². The minimum atomic E-state index is -4.53. The van der Waals surface area contributed by atoms with Crippen molar-refractivity contribution in [3.63, 3.8) is 0 Å². The Morgan fingerprint density at radius 2 is 1.93 bits per heavy atom. The monoisotopic (exact) mass is 466 g/mol. The van der Waals surface area contributed by atoms with Gasteiger partial charge in [0.05, 0.1) is 5.56 Å². The Bertz CT molecular complexity index is 834. The third kappa shape index (κ3) is 6.52. The highest BCUT2D eigenvalue weighted by Gasteiger charge is 2.33. The molecule has 11 heteroatoms. The van der Waals surface area contributed by atoms with Crippen molar-refractivity contribution in [2.24, 2.45) is 5.73 Å². The van der Waals surface area contributed by atoms with Crippen LogP contribution in [-0.4, -0.2) is 29.1 Å². The molecule has 1 aliphatic heterocycles. The molecule has 1 aliphatic rings. The average molecular weight is 467 g/mol. The maximum atomic E-state index is 13.1. The number of nitrogens with two attached hydrogens (primary N) is 2.